The summed E-state index contributed by atoms with van der Waals surface area (Å²) in [6, 6.07) is 9.31. The van der Waals surface area contributed by atoms with Gasteiger partial charge in [-0.1, -0.05) is 30.3 Å². The summed E-state index contributed by atoms with van der Waals surface area (Å²) < 4.78 is 0. The molecule has 1 heterocycles. The first-order valence-corrected chi connectivity index (χ1v) is 4.48. The predicted molar refractivity (Wildman–Crippen MR) is 55.4 cm³/mol. The van der Waals surface area contributed by atoms with Gasteiger partial charge in [-0.3, -0.25) is 0 Å². The summed E-state index contributed by atoms with van der Waals surface area (Å²) in [5.74, 6) is -0.576. The fourth-order valence-electron chi connectivity index (χ4n) is 1.34. The highest BCUT2D eigenvalue weighted by Crippen LogP contribution is 2.15. The first-order valence-electron chi connectivity index (χ1n) is 4.48. The van der Waals surface area contributed by atoms with Crippen molar-refractivity contribution >= 4 is 11.8 Å². The van der Waals surface area contributed by atoms with Gasteiger partial charge in [-0.2, -0.15) is 0 Å². The number of nitrogens with zero attached hydrogens (tertiary/aromatic N) is 2. The van der Waals surface area contributed by atoms with E-state index in [2.05, 4.69) is 10.3 Å². The van der Waals surface area contributed by atoms with Crippen LogP contribution in [0.4, 0.5) is 0 Å². The highest BCUT2D eigenvalue weighted by Gasteiger charge is 2.22. The Labute approximate surface area is 87.0 Å². The number of hydrogen-bond donors (Lipinski definition) is 1. The van der Waals surface area contributed by atoms with E-state index in [1.165, 1.54) is 0 Å². The Morgan fingerprint density at radius 3 is 2.47 bits per heavy atom. The summed E-state index contributed by atoms with van der Waals surface area (Å²) in [5, 5.41) is 12.8. The molecule has 1 aliphatic rings. The van der Waals surface area contributed by atoms with Crippen LogP contribution < -0.4 is 5.32 Å². The first kappa shape index (κ1) is 9.45. The van der Waals surface area contributed by atoms with Gasteiger partial charge in [0.2, 0.25) is 0 Å². The van der Waals surface area contributed by atoms with Gasteiger partial charge in [0.05, 0.1) is 5.70 Å². The molecule has 2 rings (SSSR count). The monoisotopic (exact) mass is 201 g/mol. The zero-order valence-corrected chi connectivity index (χ0v) is 8.14. The van der Waals surface area contributed by atoms with E-state index >= 15 is 0 Å². The van der Waals surface area contributed by atoms with E-state index in [0.29, 0.717) is 11.5 Å². The van der Waals surface area contributed by atoms with Crippen LogP contribution in [0.3, 0.4) is 0 Å². The average molecular weight is 201 g/mol. The molecular formula is C11H9N2O2. The lowest BCUT2D eigenvalue weighted by atomic mass is 10.2. The minimum Gasteiger partial charge on any atom is -0.476 e. The molecule has 4 heteroatoms. The average Bonchev–Trinajstić information content (AvgIpc) is 2.62. The van der Waals surface area contributed by atoms with Gasteiger partial charge in [-0.05, 0) is 6.92 Å². The summed E-state index contributed by atoms with van der Waals surface area (Å²) in [7, 11) is 0. The summed E-state index contributed by atoms with van der Waals surface area (Å²) in [5.41, 5.74) is 1.29. The molecule has 0 fully saturated rings. The Hall–Kier alpha value is -2.10. The highest BCUT2D eigenvalue weighted by molar-refractivity contribution is 6.06. The number of rotatable bonds is 2. The van der Waals surface area contributed by atoms with E-state index in [4.69, 9.17) is 5.11 Å². The number of amidine groups is 1. The van der Waals surface area contributed by atoms with Gasteiger partial charge in [-0.15, -0.1) is 0 Å². The Morgan fingerprint density at radius 2 is 1.93 bits per heavy atom. The van der Waals surface area contributed by atoms with Gasteiger partial charge in [0.15, 0.2) is 11.5 Å². The first-order chi connectivity index (χ1) is 7.18. The fraction of sp³-hybridized carbons (Fsp3) is 0.0909. The van der Waals surface area contributed by atoms with Crippen LogP contribution in [0.2, 0.25) is 0 Å². The molecule has 4 nitrogen and oxygen atoms in total. The van der Waals surface area contributed by atoms with E-state index in [-0.39, 0.29) is 5.70 Å². The lowest BCUT2D eigenvalue weighted by Crippen LogP contribution is -2.17. The molecule has 1 aliphatic heterocycles. The van der Waals surface area contributed by atoms with Crippen LogP contribution in [0.1, 0.15) is 12.5 Å². The van der Waals surface area contributed by atoms with Gasteiger partial charge in [-0.25, -0.2) is 15.1 Å². The normalized spacial score (nSPS) is 14.9. The van der Waals surface area contributed by atoms with Crippen molar-refractivity contribution in [2.45, 2.75) is 6.92 Å². The quantitative estimate of drug-likeness (QED) is 0.785. The molecule has 0 saturated heterocycles. The lowest BCUT2D eigenvalue weighted by molar-refractivity contribution is -0.132. The van der Waals surface area contributed by atoms with Crippen molar-refractivity contribution in [1.82, 2.24) is 5.32 Å². The molecule has 0 unspecified atom stereocenters. The van der Waals surface area contributed by atoms with Gasteiger partial charge < -0.3 is 5.11 Å². The molecule has 1 aromatic carbocycles. The van der Waals surface area contributed by atoms with E-state index in [1.807, 2.05) is 30.3 Å². The van der Waals surface area contributed by atoms with Crippen LogP contribution in [0.25, 0.3) is 0 Å². The molecule has 1 aromatic rings. The molecule has 0 atom stereocenters. The SMILES string of the molecule is CC1=C(C(=O)O)[N]C(c2ccccc2)=N1. The molecule has 0 spiro atoms. The van der Waals surface area contributed by atoms with Crippen molar-refractivity contribution in [3.05, 3.63) is 47.3 Å². The second-order valence-corrected chi connectivity index (χ2v) is 3.15. The number of benzene rings is 1. The van der Waals surface area contributed by atoms with Gasteiger partial charge in [0, 0.05) is 5.56 Å². The van der Waals surface area contributed by atoms with Crippen molar-refractivity contribution in [1.29, 1.82) is 0 Å². The van der Waals surface area contributed by atoms with Crippen molar-refractivity contribution in [3.8, 4) is 0 Å². The Kier molecular flexibility index (Phi) is 2.25. The van der Waals surface area contributed by atoms with Crippen molar-refractivity contribution < 1.29 is 9.90 Å². The third-order valence-corrected chi connectivity index (χ3v) is 2.07. The highest BCUT2D eigenvalue weighted by atomic mass is 16.4. The van der Waals surface area contributed by atoms with Crippen LogP contribution in [-0.4, -0.2) is 16.9 Å². The number of carbonyl (C=O) groups is 1. The molecule has 0 bridgehead atoms. The molecule has 0 aromatic heterocycles. The Morgan fingerprint density at radius 1 is 1.27 bits per heavy atom. The standard InChI is InChI=1S/C11H9N2O2/c1-7-9(11(14)15)13-10(12-7)8-5-3-2-4-6-8/h2-6H,1H3,(H,14,15). The Balaban J connectivity index is 2.27. The van der Waals surface area contributed by atoms with Crippen LogP contribution in [0, 0.1) is 0 Å². The number of carboxylic acids is 1. The third kappa shape index (κ3) is 1.74. The zero-order valence-electron chi connectivity index (χ0n) is 8.14. The smallest absolute Gasteiger partial charge is 0.356 e. The Bertz CT molecular complexity index is 461. The summed E-state index contributed by atoms with van der Waals surface area (Å²) >= 11 is 0. The van der Waals surface area contributed by atoms with E-state index in [0.717, 1.165) is 5.56 Å². The summed E-state index contributed by atoms with van der Waals surface area (Å²) in [6.07, 6.45) is 0. The molecule has 0 saturated carbocycles. The zero-order chi connectivity index (χ0) is 10.8. The van der Waals surface area contributed by atoms with Crippen molar-refractivity contribution in [2.75, 3.05) is 0 Å². The largest absolute Gasteiger partial charge is 0.476 e. The maximum Gasteiger partial charge on any atom is 0.356 e. The van der Waals surface area contributed by atoms with Gasteiger partial charge in [0.1, 0.15) is 0 Å². The fourth-order valence-corrected chi connectivity index (χ4v) is 1.34. The van der Waals surface area contributed by atoms with Crippen LogP contribution in [-0.2, 0) is 4.79 Å². The van der Waals surface area contributed by atoms with Crippen molar-refractivity contribution in [3.63, 3.8) is 0 Å². The molecule has 75 valence electrons. The molecule has 1 N–H and O–H groups in total. The number of carboxylic acid groups (broad SMARTS) is 1. The summed E-state index contributed by atoms with van der Waals surface area (Å²) in [4.78, 5) is 14.9. The maximum atomic E-state index is 10.8. The minimum absolute atomic E-state index is 0.0221. The number of hydrogen-bond acceptors (Lipinski definition) is 2. The predicted octanol–water partition coefficient (Wildman–Crippen LogP) is 1.37. The minimum atomic E-state index is -1.04. The van der Waals surface area contributed by atoms with Crippen LogP contribution in [0.15, 0.2) is 46.7 Å². The second-order valence-electron chi connectivity index (χ2n) is 3.15. The van der Waals surface area contributed by atoms with E-state index in [1.54, 1.807) is 6.92 Å². The van der Waals surface area contributed by atoms with Crippen LogP contribution >= 0.6 is 0 Å². The molecule has 15 heavy (non-hydrogen) atoms. The summed E-state index contributed by atoms with van der Waals surface area (Å²) in [6.45, 7) is 1.64. The molecule has 1 radical (unpaired) electrons. The lowest BCUT2D eigenvalue weighted by Gasteiger charge is -1.99. The molecular weight excluding hydrogens is 192 g/mol. The molecule has 0 aliphatic carbocycles. The van der Waals surface area contributed by atoms with E-state index < -0.39 is 5.97 Å². The van der Waals surface area contributed by atoms with Gasteiger partial charge >= 0.3 is 5.97 Å². The number of aliphatic carboxylic acids is 1. The van der Waals surface area contributed by atoms with E-state index in [9.17, 15) is 4.79 Å². The second kappa shape index (κ2) is 3.57. The number of aliphatic imine (C=N–C) groups is 1. The molecule has 0 amide bonds. The van der Waals surface area contributed by atoms with Crippen LogP contribution in [0.5, 0.6) is 0 Å². The third-order valence-electron chi connectivity index (χ3n) is 2.07. The topological polar surface area (TPSA) is 63.8 Å². The van der Waals surface area contributed by atoms with Crippen molar-refractivity contribution in [2.24, 2.45) is 4.99 Å². The number of allylic oxidation sites excluding steroid dienone is 1. The maximum absolute atomic E-state index is 10.8. The van der Waals surface area contributed by atoms with Gasteiger partial charge in [0.25, 0.3) is 0 Å².